The molecule has 1 N–H and O–H groups in total. The Balaban J connectivity index is 2.32. The van der Waals surface area contributed by atoms with Crippen molar-refractivity contribution in [2.24, 2.45) is 12.0 Å². The van der Waals surface area contributed by atoms with Gasteiger partial charge < -0.3 is 9.67 Å². The average molecular weight is 276 g/mol. The van der Waals surface area contributed by atoms with Crippen LogP contribution in [0.5, 0.6) is 0 Å². The van der Waals surface area contributed by atoms with Gasteiger partial charge >= 0.3 is 5.97 Å². The second-order valence-corrected chi connectivity index (χ2v) is 5.32. The Bertz CT molecular complexity index is 653. The molecule has 0 aliphatic carbocycles. The third kappa shape index (κ3) is 2.93. The van der Waals surface area contributed by atoms with Crippen molar-refractivity contribution in [3.05, 3.63) is 45.7 Å². The second kappa shape index (κ2) is 5.40. The summed E-state index contributed by atoms with van der Waals surface area (Å²) >= 11 is 1.59. The van der Waals surface area contributed by atoms with Gasteiger partial charge in [-0.15, -0.1) is 11.3 Å². The fraction of sp³-hybridized carbons (Fsp3) is 0.286. The van der Waals surface area contributed by atoms with Crippen LogP contribution in [0.25, 0.3) is 0 Å². The molecule has 1 aromatic carbocycles. The summed E-state index contributed by atoms with van der Waals surface area (Å²) in [7, 11) is 1.98. The van der Waals surface area contributed by atoms with Crippen LogP contribution < -0.4 is 4.80 Å². The summed E-state index contributed by atoms with van der Waals surface area (Å²) in [6, 6.07) is 7.34. The van der Waals surface area contributed by atoms with Crippen LogP contribution in [0.15, 0.2) is 34.6 Å². The molecule has 1 unspecified atom stereocenters. The van der Waals surface area contributed by atoms with Crippen LogP contribution in [-0.4, -0.2) is 15.6 Å². The van der Waals surface area contributed by atoms with Crippen molar-refractivity contribution in [1.82, 2.24) is 4.57 Å². The first-order valence-electron chi connectivity index (χ1n) is 5.97. The largest absolute Gasteiger partial charge is 0.481 e. The van der Waals surface area contributed by atoms with E-state index in [-0.39, 0.29) is 0 Å². The van der Waals surface area contributed by atoms with Gasteiger partial charge in [-0.25, -0.2) is 4.99 Å². The lowest BCUT2D eigenvalue weighted by Gasteiger charge is -2.06. The zero-order valence-corrected chi connectivity index (χ0v) is 11.9. The Labute approximate surface area is 115 Å². The molecule has 0 saturated heterocycles. The van der Waals surface area contributed by atoms with E-state index in [1.54, 1.807) is 18.3 Å². The summed E-state index contributed by atoms with van der Waals surface area (Å²) in [6.45, 7) is 3.71. The maximum absolute atomic E-state index is 10.9. The first-order chi connectivity index (χ1) is 8.99. The third-order valence-electron chi connectivity index (χ3n) is 3.14. The maximum atomic E-state index is 10.9. The number of aliphatic carboxylic acids is 1. The highest BCUT2D eigenvalue weighted by Crippen LogP contribution is 2.19. The predicted octanol–water partition coefficient (Wildman–Crippen LogP) is 2.82. The van der Waals surface area contributed by atoms with Gasteiger partial charge in [0.2, 0.25) is 0 Å². The number of thiazole rings is 1. The van der Waals surface area contributed by atoms with Gasteiger partial charge in [0, 0.05) is 18.1 Å². The molecule has 2 rings (SSSR count). The minimum Gasteiger partial charge on any atom is -0.481 e. The Morgan fingerprint density at radius 1 is 1.37 bits per heavy atom. The molecule has 1 aromatic heterocycles. The van der Waals surface area contributed by atoms with E-state index in [4.69, 9.17) is 5.11 Å². The third-order valence-corrected chi connectivity index (χ3v) is 4.17. The molecule has 4 nitrogen and oxygen atoms in total. The minimum atomic E-state index is -0.815. The van der Waals surface area contributed by atoms with Crippen LogP contribution in [0.2, 0.25) is 0 Å². The number of benzene rings is 1. The number of carbonyl (C=O) groups is 1. The highest BCUT2D eigenvalue weighted by molar-refractivity contribution is 7.07. The molecule has 19 heavy (non-hydrogen) atoms. The van der Waals surface area contributed by atoms with E-state index in [2.05, 4.69) is 10.4 Å². The lowest BCUT2D eigenvalue weighted by Crippen LogP contribution is -2.10. The van der Waals surface area contributed by atoms with E-state index in [0.717, 1.165) is 16.1 Å². The first kappa shape index (κ1) is 13.5. The van der Waals surface area contributed by atoms with Crippen molar-refractivity contribution < 1.29 is 9.90 Å². The molecule has 0 spiro atoms. The number of hydrogen-bond acceptors (Lipinski definition) is 3. The molecule has 5 heteroatoms. The number of carboxylic acid groups (broad SMARTS) is 1. The second-order valence-electron chi connectivity index (χ2n) is 4.48. The van der Waals surface area contributed by atoms with E-state index in [0.29, 0.717) is 0 Å². The minimum absolute atomic E-state index is 0.492. The summed E-state index contributed by atoms with van der Waals surface area (Å²) < 4.78 is 2.03. The maximum Gasteiger partial charge on any atom is 0.310 e. The Hall–Kier alpha value is -1.88. The molecule has 1 atom stereocenters. The number of hydrogen-bond donors (Lipinski definition) is 1. The molecule has 0 aliphatic rings. The Morgan fingerprint density at radius 2 is 2.00 bits per heavy atom. The molecule has 2 aromatic rings. The standard InChI is InChI=1S/C14H16N2O2S/c1-9-8-19-14(16(9)3)15-12-6-4-11(5-7-12)10(2)13(17)18/h4-8,10H,1-3H3,(H,17,18). The lowest BCUT2D eigenvalue weighted by atomic mass is 10.0. The van der Waals surface area contributed by atoms with Crippen molar-refractivity contribution in [2.75, 3.05) is 0 Å². The predicted molar refractivity (Wildman–Crippen MR) is 75.7 cm³/mol. The normalized spacial score (nSPS) is 13.5. The van der Waals surface area contributed by atoms with E-state index in [9.17, 15) is 4.79 Å². The summed E-state index contributed by atoms with van der Waals surface area (Å²) in [5.74, 6) is -1.31. The molecule has 0 saturated carbocycles. The van der Waals surface area contributed by atoms with E-state index >= 15 is 0 Å². The van der Waals surface area contributed by atoms with Gasteiger partial charge in [-0.1, -0.05) is 12.1 Å². The van der Waals surface area contributed by atoms with Gasteiger partial charge in [-0.2, -0.15) is 0 Å². The zero-order valence-electron chi connectivity index (χ0n) is 11.1. The molecular formula is C14H16N2O2S. The Morgan fingerprint density at radius 3 is 2.47 bits per heavy atom. The summed E-state index contributed by atoms with van der Waals surface area (Å²) in [4.78, 5) is 16.4. The van der Waals surface area contributed by atoms with Crippen molar-refractivity contribution >= 4 is 23.0 Å². The van der Waals surface area contributed by atoms with Crippen LogP contribution in [0.3, 0.4) is 0 Å². The zero-order chi connectivity index (χ0) is 14.0. The number of aromatic nitrogens is 1. The molecule has 0 fully saturated rings. The fourth-order valence-electron chi connectivity index (χ4n) is 1.64. The molecule has 1 heterocycles. The first-order valence-corrected chi connectivity index (χ1v) is 6.85. The number of aryl methyl sites for hydroxylation is 1. The van der Waals surface area contributed by atoms with Crippen molar-refractivity contribution in [3.63, 3.8) is 0 Å². The average Bonchev–Trinajstić information content (AvgIpc) is 2.71. The smallest absolute Gasteiger partial charge is 0.310 e. The number of carboxylic acids is 1. The van der Waals surface area contributed by atoms with Gasteiger partial charge in [-0.3, -0.25) is 4.79 Å². The van der Waals surface area contributed by atoms with Crippen LogP contribution >= 0.6 is 11.3 Å². The van der Waals surface area contributed by atoms with Crippen molar-refractivity contribution in [3.8, 4) is 0 Å². The highest BCUT2D eigenvalue weighted by atomic mass is 32.1. The van der Waals surface area contributed by atoms with Crippen LogP contribution in [0.1, 0.15) is 24.1 Å². The van der Waals surface area contributed by atoms with Crippen LogP contribution in [0.4, 0.5) is 5.69 Å². The molecule has 100 valence electrons. The van der Waals surface area contributed by atoms with Gasteiger partial charge in [0.15, 0.2) is 4.80 Å². The topological polar surface area (TPSA) is 54.6 Å². The summed E-state index contributed by atoms with van der Waals surface area (Å²) in [5.41, 5.74) is 2.79. The number of nitrogens with zero attached hydrogens (tertiary/aromatic N) is 2. The van der Waals surface area contributed by atoms with Gasteiger partial charge in [0.05, 0.1) is 11.6 Å². The van der Waals surface area contributed by atoms with Crippen LogP contribution in [0, 0.1) is 6.92 Å². The SMILES string of the molecule is Cc1csc(=Nc2ccc(C(C)C(=O)O)cc2)n1C. The van der Waals surface area contributed by atoms with E-state index in [1.807, 2.05) is 42.8 Å². The van der Waals surface area contributed by atoms with Gasteiger partial charge in [0.1, 0.15) is 0 Å². The fourth-order valence-corrected chi connectivity index (χ4v) is 2.53. The molecular weight excluding hydrogens is 260 g/mol. The van der Waals surface area contributed by atoms with Crippen molar-refractivity contribution in [2.45, 2.75) is 19.8 Å². The van der Waals surface area contributed by atoms with E-state index in [1.165, 1.54) is 5.69 Å². The summed E-state index contributed by atoms with van der Waals surface area (Å²) in [5, 5.41) is 11.0. The molecule has 0 bridgehead atoms. The summed E-state index contributed by atoms with van der Waals surface area (Å²) in [6.07, 6.45) is 0. The lowest BCUT2D eigenvalue weighted by molar-refractivity contribution is -0.138. The van der Waals surface area contributed by atoms with Crippen molar-refractivity contribution in [1.29, 1.82) is 0 Å². The van der Waals surface area contributed by atoms with Crippen LogP contribution in [-0.2, 0) is 11.8 Å². The quantitative estimate of drug-likeness (QED) is 0.937. The number of rotatable bonds is 3. The van der Waals surface area contributed by atoms with Gasteiger partial charge in [0.25, 0.3) is 0 Å². The molecule has 0 radical (unpaired) electrons. The molecule has 0 aliphatic heterocycles. The Kier molecular flexibility index (Phi) is 3.85. The highest BCUT2D eigenvalue weighted by Gasteiger charge is 2.12. The monoisotopic (exact) mass is 276 g/mol. The van der Waals surface area contributed by atoms with E-state index < -0.39 is 11.9 Å². The molecule has 0 amide bonds. The van der Waals surface area contributed by atoms with Gasteiger partial charge in [-0.05, 0) is 31.5 Å².